The van der Waals surface area contributed by atoms with Crippen LogP contribution in [0.15, 0.2) is 38.5 Å². The predicted octanol–water partition coefficient (Wildman–Crippen LogP) is 1.70. The normalized spacial score (nSPS) is 6.62. The van der Waals surface area contributed by atoms with E-state index in [1.54, 1.807) is 6.92 Å². The van der Waals surface area contributed by atoms with E-state index in [0.29, 0.717) is 5.57 Å². The van der Waals surface area contributed by atoms with Crippen molar-refractivity contribution in [1.29, 1.82) is 0 Å². The molecule has 0 atom stereocenters. The Morgan fingerprint density at radius 1 is 1.31 bits per heavy atom. The van der Waals surface area contributed by atoms with Crippen LogP contribution in [0.2, 0.25) is 0 Å². The van der Waals surface area contributed by atoms with Crippen molar-refractivity contribution in [2.75, 3.05) is 13.2 Å². The quantitative estimate of drug-likeness (QED) is 0.414. The van der Waals surface area contributed by atoms with E-state index in [4.69, 9.17) is 5.11 Å². The van der Waals surface area contributed by atoms with Gasteiger partial charge in [-0.2, -0.15) is 0 Å². The lowest BCUT2D eigenvalue weighted by Gasteiger charge is -1.99. The lowest BCUT2D eigenvalue weighted by atomic mass is 10.4. The van der Waals surface area contributed by atoms with E-state index in [1.807, 2.05) is 0 Å². The molecule has 76 valence electrons. The molecular formula is C10H18O3. The Morgan fingerprint density at radius 3 is 1.92 bits per heavy atom. The maximum atomic E-state index is 10.5. The molecule has 0 saturated heterocycles. The average molecular weight is 186 g/mol. The number of aliphatic hydroxyl groups is 1. The van der Waals surface area contributed by atoms with Crippen molar-refractivity contribution in [2.24, 2.45) is 0 Å². The molecule has 0 radical (unpaired) electrons. The second kappa shape index (κ2) is 16.9. The minimum Gasteiger partial charge on any atom is -0.460 e. The van der Waals surface area contributed by atoms with Gasteiger partial charge in [-0.25, -0.2) is 4.79 Å². The first-order valence-corrected chi connectivity index (χ1v) is 3.62. The summed E-state index contributed by atoms with van der Waals surface area (Å²) in [6.45, 7) is 16.8. The monoisotopic (exact) mass is 186 g/mol. The zero-order valence-corrected chi connectivity index (χ0v) is 8.21. The molecule has 0 aromatic heterocycles. The molecule has 0 amide bonds. The summed E-state index contributed by atoms with van der Waals surface area (Å²) < 4.78 is 4.46. The van der Waals surface area contributed by atoms with Crippen molar-refractivity contribution >= 4 is 5.97 Å². The summed E-state index contributed by atoms with van der Waals surface area (Å²) in [7, 11) is 0. The zero-order chi connectivity index (χ0) is 11.3. The van der Waals surface area contributed by atoms with Crippen molar-refractivity contribution in [3.63, 3.8) is 0 Å². The Balaban J connectivity index is -0.000000218. The molecule has 0 aliphatic heterocycles. The van der Waals surface area contributed by atoms with Crippen molar-refractivity contribution in [2.45, 2.75) is 6.92 Å². The van der Waals surface area contributed by atoms with Gasteiger partial charge in [0, 0.05) is 5.57 Å². The van der Waals surface area contributed by atoms with Crippen LogP contribution in [0.4, 0.5) is 0 Å². The Labute approximate surface area is 80.0 Å². The molecule has 0 aliphatic rings. The van der Waals surface area contributed by atoms with Crippen LogP contribution in [0.3, 0.4) is 0 Å². The molecule has 0 heterocycles. The van der Waals surface area contributed by atoms with E-state index in [1.165, 1.54) is 0 Å². The van der Waals surface area contributed by atoms with Crippen LogP contribution in [-0.4, -0.2) is 24.3 Å². The maximum Gasteiger partial charge on any atom is 0.333 e. The fourth-order valence-corrected chi connectivity index (χ4v) is 0.262. The number of hydrogen-bond donors (Lipinski definition) is 1. The fourth-order valence-electron chi connectivity index (χ4n) is 0.262. The first-order chi connectivity index (χ1) is 6.18. The van der Waals surface area contributed by atoms with E-state index in [0.717, 1.165) is 0 Å². The van der Waals surface area contributed by atoms with Crippen molar-refractivity contribution in [3.8, 4) is 0 Å². The van der Waals surface area contributed by atoms with E-state index >= 15 is 0 Å². The van der Waals surface area contributed by atoms with E-state index < -0.39 is 5.97 Å². The molecule has 1 N–H and O–H groups in total. The minimum absolute atomic E-state index is 0.0473. The number of esters is 1. The second-order valence-corrected chi connectivity index (χ2v) is 1.64. The van der Waals surface area contributed by atoms with Gasteiger partial charge in [-0.1, -0.05) is 6.58 Å². The number of carbonyl (C=O) groups is 1. The number of aliphatic hydroxyl groups excluding tert-OH is 1. The highest BCUT2D eigenvalue weighted by Gasteiger charge is 1.99. The summed E-state index contributed by atoms with van der Waals surface area (Å²) in [5.74, 6) is -0.455. The van der Waals surface area contributed by atoms with Crippen molar-refractivity contribution in [3.05, 3.63) is 38.5 Å². The summed E-state index contributed by atoms with van der Waals surface area (Å²) in [5, 5.41) is 8.19. The smallest absolute Gasteiger partial charge is 0.333 e. The van der Waals surface area contributed by atoms with Crippen LogP contribution in [-0.2, 0) is 9.53 Å². The Kier molecular flexibility index (Phi) is 23.0. The van der Waals surface area contributed by atoms with Gasteiger partial charge < -0.3 is 9.84 Å². The summed E-state index contributed by atoms with van der Waals surface area (Å²) in [6.07, 6.45) is 0. The molecule has 13 heavy (non-hydrogen) atoms. The summed E-state index contributed by atoms with van der Waals surface area (Å²) in [4.78, 5) is 10.5. The lowest BCUT2D eigenvalue weighted by molar-refractivity contribution is -0.139. The first-order valence-electron chi connectivity index (χ1n) is 3.62. The number of rotatable bonds is 3. The first kappa shape index (κ1) is 17.7. The molecule has 0 saturated carbocycles. The SMILES string of the molecule is C=C.C=C.C=C(C)C(=O)OCCO. The van der Waals surface area contributed by atoms with Gasteiger partial charge in [0.15, 0.2) is 0 Å². The van der Waals surface area contributed by atoms with Gasteiger partial charge in [-0.3, -0.25) is 0 Å². The van der Waals surface area contributed by atoms with Gasteiger partial charge in [-0.05, 0) is 6.92 Å². The van der Waals surface area contributed by atoms with Crippen LogP contribution in [0.1, 0.15) is 6.92 Å². The molecule has 0 aliphatic carbocycles. The standard InChI is InChI=1S/C6H10O3.2C2H4/c1-5(2)6(8)9-4-3-7;2*1-2/h7H,1,3-4H2,2H3;2*1-2H2. The third-order valence-electron chi connectivity index (χ3n) is 0.673. The van der Waals surface area contributed by atoms with Crippen molar-refractivity contribution in [1.82, 2.24) is 0 Å². The summed E-state index contributed by atoms with van der Waals surface area (Å²) >= 11 is 0. The molecule has 3 heteroatoms. The molecule has 0 fully saturated rings. The molecule has 0 unspecified atom stereocenters. The Bertz CT molecular complexity index is 139. The van der Waals surface area contributed by atoms with Gasteiger partial charge in [0.2, 0.25) is 0 Å². The predicted molar refractivity (Wildman–Crippen MR) is 55.4 cm³/mol. The van der Waals surface area contributed by atoms with Crippen molar-refractivity contribution < 1.29 is 14.6 Å². The van der Waals surface area contributed by atoms with E-state index in [2.05, 4.69) is 37.6 Å². The highest BCUT2D eigenvalue weighted by Crippen LogP contribution is 1.89. The molecule has 0 aromatic carbocycles. The van der Waals surface area contributed by atoms with E-state index in [9.17, 15) is 4.79 Å². The molecule has 0 spiro atoms. The zero-order valence-electron chi connectivity index (χ0n) is 8.21. The lowest BCUT2D eigenvalue weighted by Crippen LogP contribution is -2.08. The second-order valence-electron chi connectivity index (χ2n) is 1.64. The van der Waals surface area contributed by atoms with Gasteiger partial charge in [0.1, 0.15) is 6.61 Å². The third kappa shape index (κ3) is 18.0. The van der Waals surface area contributed by atoms with Crippen LogP contribution >= 0.6 is 0 Å². The van der Waals surface area contributed by atoms with Gasteiger partial charge in [0.25, 0.3) is 0 Å². The Morgan fingerprint density at radius 2 is 1.69 bits per heavy atom. The fraction of sp³-hybridized carbons (Fsp3) is 0.300. The molecule has 0 rings (SSSR count). The minimum atomic E-state index is -0.455. The topological polar surface area (TPSA) is 46.5 Å². The summed E-state index contributed by atoms with van der Waals surface area (Å²) in [6, 6.07) is 0. The maximum absolute atomic E-state index is 10.5. The number of carbonyl (C=O) groups excluding carboxylic acids is 1. The van der Waals surface area contributed by atoms with E-state index in [-0.39, 0.29) is 13.2 Å². The van der Waals surface area contributed by atoms with Crippen LogP contribution in [0, 0.1) is 0 Å². The number of ether oxygens (including phenoxy) is 1. The highest BCUT2D eigenvalue weighted by atomic mass is 16.5. The molecule has 0 aromatic rings. The van der Waals surface area contributed by atoms with Gasteiger partial charge in [0.05, 0.1) is 6.61 Å². The highest BCUT2D eigenvalue weighted by molar-refractivity contribution is 5.86. The number of hydrogen-bond acceptors (Lipinski definition) is 3. The van der Waals surface area contributed by atoms with Crippen LogP contribution < -0.4 is 0 Å². The molecular weight excluding hydrogens is 168 g/mol. The van der Waals surface area contributed by atoms with Gasteiger partial charge >= 0.3 is 5.97 Å². The molecule has 3 nitrogen and oxygen atoms in total. The largest absolute Gasteiger partial charge is 0.460 e. The Hall–Kier alpha value is -1.35. The van der Waals surface area contributed by atoms with Crippen LogP contribution in [0.5, 0.6) is 0 Å². The average Bonchev–Trinajstić information content (AvgIpc) is 2.20. The third-order valence-corrected chi connectivity index (χ3v) is 0.673. The molecule has 0 bridgehead atoms. The van der Waals surface area contributed by atoms with Gasteiger partial charge in [-0.15, -0.1) is 26.3 Å². The van der Waals surface area contributed by atoms with Crippen LogP contribution in [0.25, 0.3) is 0 Å². The summed E-state index contributed by atoms with van der Waals surface area (Å²) in [5.41, 5.74) is 0.350.